The number of fused-ring (bicyclic) bond motifs is 1. The molecule has 0 aliphatic heterocycles. The van der Waals surface area contributed by atoms with Gasteiger partial charge in [-0.05, 0) is 42.9 Å². The molecule has 0 amide bonds. The molecule has 3 rings (SSSR count). The second-order valence-corrected chi connectivity index (χ2v) is 10.1. The predicted octanol–water partition coefficient (Wildman–Crippen LogP) is 5.20. The van der Waals surface area contributed by atoms with E-state index in [9.17, 15) is 0 Å². The van der Waals surface area contributed by atoms with Gasteiger partial charge in [-0.25, -0.2) is 9.97 Å². The molecule has 0 N–H and O–H groups in total. The van der Waals surface area contributed by atoms with Gasteiger partial charge in [0.15, 0.2) is 0 Å². The van der Waals surface area contributed by atoms with Crippen molar-refractivity contribution in [1.29, 1.82) is 0 Å². The van der Waals surface area contributed by atoms with Crippen molar-refractivity contribution in [3.63, 3.8) is 0 Å². The monoisotopic (exact) mass is 374 g/mol. The molecule has 6 heteroatoms. The highest BCUT2D eigenvalue weighted by atomic mass is 32.2. The summed E-state index contributed by atoms with van der Waals surface area (Å²) in [7, 11) is 0. The molecule has 0 radical (unpaired) electrons. The summed E-state index contributed by atoms with van der Waals surface area (Å²) in [5.74, 6) is 0. The molecule has 25 heavy (non-hydrogen) atoms. The summed E-state index contributed by atoms with van der Waals surface area (Å²) in [5.41, 5.74) is 4.67. The van der Waals surface area contributed by atoms with E-state index >= 15 is 0 Å². The highest BCUT2D eigenvalue weighted by Crippen LogP contribution is 2.34. The minimum atomic E-state index is 0.434. The van der Waals surface area contributed by atoms with Crippen molar-refractivity contribution < 1.29 is 0 Å². The SMILES string of the molecule is CC(C)Sc1nncc(-c2cc3c(c(SC(C)C)n2)CCCCC3)n1. The highest BCUT2D eigenvalue weighted by molar-refractivity contribution is 8.00. The molecule has 0 bridgehead atoms. The Morgan fingerprint density at radius 2 is 1.64 bits per heavy atom. The first-order chi connectivity index (χ1) is 12.0. The zero-order valence-corrected chi connectivity index (χ0v) is 17.1. The van der Waals surface area contributed by atoms with Crippen LogP contribution in [0.2, 0.25) is 0 Å². The Balaban J connectivity index is 2.02. The summed E-state index contributed by atoms with van der Waals surface area (Å²) in [6.45, 7) is 8.73. The van der Waals surface area contributed by atoms with Gasteiger partial charge in [-0.15, -0.1) is 16.9 Å². The highest BCUT2D eigenvalue weighted by Gasteiger charge is 2.18. The maximum Gasteiger partial charge on any atom is 0.209 e. The summed E-state index contributed by atoms with van der Waals surface area (Å²) in [5, 5.41) is 11.2. The molecular weight excluding hydrogens is 348 g/mol. The predicted molar refractivity (Wildman–Crippen MR) is 106 cm³/mol. The van der Waals surface area contributed by atoms with E-state index in [0.29, 0.717) is 10.5 Å². The Morgan fingerprint density at radius 3 is 2.40 bits per heavy atom. The van der Waals surface area contributed by atoms with Crippen LogP contribution < -0.4 is 0 Å². The first-order valence-electron chi connectivity index (χ1n) is 9.09. The molecule has 0 atom stereocenters. The minimum absolute atomic E-state index is 0.434. The molecule has 2 aromatic heterocycles. The molecule has 0 aromatic carbocycles. The Labute approximate surface area is 159 Å². The van der Waals surface area contributed by atoms with E-state index in [1.807, 2.05) is 11.8 Å². The second-order valence-electron chi connectivity index (χ2n) is 6.97. The van der Waals surface area contributed by atoms with Crippen molar-refractivity contribution in [3.8, 4) is 11.4 Å². The lowest BCUT2D eigenvalue weighted by atomic mass is 10.0. The number of aromatic nitrogens is 4. The lowest BCUT2D eigenvalue weighted by molar-refractivity contribution is 0.709. The van der Waals surface area contributed by atoms with Gasteiger partial charge in [0, 0.05) is 10.5 Å². The van der Waals surface area contributed by atoms with Crippen LogP contribution in [0.1, 0.15) is 58.1 Å². The zero-order chi connectivity index (χ0) is 17.8. The van der Waals surface area contributed by atoms with Crippen molar-refractivity contribution in [3.05, 3.63) is 23.4 Å². The fraction of sp³-hybridized carbons (Fsp3) is 0.579. The number of thioether (sulfide) groups is 2. The van der Waals surface area contributed by atoms with E-state index in [0.717, 1.165) is 29.4 Å². The third-order valence-corrected chi connectivity index (χ3v) is 5.93. The number of hydrogen-bond donors (Lipinski definition) is 0. The van der Waals surface area contributed by atoms with Crippen LogP contribution in [-0.4, -0.2) is 30.7 Å². The van der Waals surface area contributed by atoms with Gasteiger partial charge in [0.2, 0.25) is 5.16 Å². The molecule has 2 heterocycles. The molecule has 0 saturated carbocycles. The minimum Gasteiger partial charge on any atom is -0.239 e. The largest absolute Gasteiger partial charge is 0.239 e. The lowest BCUT2D eigenvalue weighted by Crippen LogP contribution is -2.03. The molecule has 4 nitrogen and oxygen atoms in total. The van der Waals surface area contributed by atoms with Gasteiger partial charge in [-0.1, -0.05) is 45.9 Å². The van der Waals surface area contributed by atoms with Crippen molar-refractivity contribution in [2.75, 3.05) is 0 Å². The van der Waals surface area contributed by atoms with E-state index in [1.165, 1.54) is 35.4 Å². The molecule has 0 unspecified atom stereocenters. The fourth-order valence-electron chi connectivity index (χ4n) is 3.01. The maximum absolute atomic E-state index is 4.98. The van der Waals surface area contributed by atoms with Crippen molar-refractivity contribution in [1.82, 2.24) is 20.2 Å². The normalized spacial score (nSPS) is 14.6. The van der Waals surface area contributed by atoms with E-state index in [1.54, 1.807) is 18.0 Å². The lowest BCUT2D eigenvalue weighted by Gasteiger charge is -2.15. The topological polar surface area (TPSA) is 51.6 Å². The number of nitrogens with zero attached hydrogens (tertiary/aromatic N) is 4. The van der Waals surface area contributed by atoms with Crippen molar-refractivity contribution >= 4 is 23.5 Å². The number of hydrogen-bond acceptors (Lipinski definition) is 6. The zero-order valence-electron chi connectivity index (χ0n) is 15.5. The Hall–Kier alpha value is -1.14. The van der Waals surface area contributed by atoms with Crippen LogP contribution in [0.5, 0.6) is 0 Å². The Bertz CT molecular complexity index is 731. The van der Waals surface area contributed by atoms with Gasteiger partial charge in [-0.3, -0.25) is 0 Å². The van der Waals surface area contributed by atoms with Crippen LogP contribution in [0, 0.1) is 0 Å². The number of aryl methyl sites for hydroxylation is 1. The molecule has 134 valence electrons. The molecule has 1 aliphatic carbocycles. The van der Waals surface area contributed by atoms with E-state index in [4.69, 9.17) is 9.97 Å². The number of rotatable bonds is 5. The molecule has 2 aromatic rings. The van der Waals surface area contributed by atoms with Gasteiger partial charge in [0.25, 0.3) is 0 Å². The van der Waals surface area contributed by atoms with Crippen LogP contribution in [0.3, 0.4) is 0 Å². The third-order valence-electron chi connectivity index (χ3n) is 4.04. The molecule has 0 spiro atoms. The average molecular weight is 375 g/mol. The summed E-state index contributed by atoms with van der Waals surface area (Å²) >= 11 is 3.50. The van der Waals surface area contributed by atoms with E-state index < -0.39 is 0 Å². The first kappa shape index (κ1) is 18.6. The quantitative estimate of drug-likeness (QED) is 0.529. The standard InChI is InChI=1S/C19H26N4S2/c1-12(2)24-18-15-9-7-5-6-8-14(15)10-16(21-18)17-11-20-23-19(22-17)25-13(3)4/h10-13H,5-9H2,1-4H3. The fourth-order valence-corrected chi connectivity index (χ4v) is 4.65. The van der Waals surface area contributed by atoms with E-state index in [-0.39, 0.29) is 0 Å². The molecule has 0 saturated heterocycles. The van der Waals surface area contributed by atoms with Crippen molar-refractivity contribution in [2.24, 2.45) is 0 Å². The Morgan fingerprint density at radius 1 is 0.880 bits per heavy atom. The van der Waals surface area contributed by atoms with Gasteiger partial charge in [0.1, 0.15) is 10.7 Å². The average Bonchev–Trinajstić information content (AvgIpc) is 2.79. The molecule has 0 fully saturated rings. The third kappa shape index (κ3) is 4.94. The van der Waals surface area contributed by atoms with Crippen LogP contribution in [-0.2, 0) is 12.8 Å². The second kappa shape index (κ2) is 8.49. The molecular formula is C19H26N4S2. The smallest absolute Gasteiger partial charge is 0.209 e. The summed E-state index contributed by atoms with van der Waals surface area (Å²) in [6.07, 6.45) is 7.86. The summed E-state index contributed by atoms with van der Waals surface area (Å²) in [4.78, 5) is 9.68. The van der Waals surface area contributed by atoms with Crippen LogP contribution in [0.25, 0.3) is 11.4 Å². The Kier molecular flexibility index (Phi) is 6.34. The number of pyridine rings is 1. The first-order valence-corrected chi connectivity index (χ1v) is 10.8. The van der Waals surface area contributed by atoms with Crippen LogP contribution >= 0.6 is 23.5 Å². The van der Waals surface area contributed by atoms with Crippen LogP contribution in [0.4, 0.5) is 0 Å². The van der Waals surface area contributed by atoms with E-state index in [2.05, 4.69) is 44.0 Å². The van der Waals surface area contributed by atoms with Gasteiger partial charge in [0.05, 0.1) is 11.9 Å². The van der Waals surface area contributed by atoms with Gasteiger partial charge in [-0.2, -0.15) is 5.10 Å². The maximum atomic E-state index is 4.98. The van der Waals surface area contributed by atoms with Crippen molar-refractivity contribution in [2.45, 2.75) is 80.5 Å². The van der Waals surface area contributed by atoms with Gasteiger partial charge < -0.3 is 0 Å². The summed E-state index contributed by atoms with van der Waals surface area (Å²) in [6, 6.07) is 2.23. The van der Waals surface area contributed by atoms with Gasteiger partial charge >= 0.3 is 0 Å². The molecule has 1 aliphatic rings. The van der Waals surface area contributed by atoms with Crippen LogP contribution in [0.15, 0.2) is 22.4 Å². The summed E-state index contributed by atoms with van der Waals surface area (Å²) < 4.78 is 0.